The summed E-state index contributed by atoms with van der Waals surface area (Å²) < 4.78 is 24.3. The molecule has 16 rings (SSSR count). The van der Waals surface area contributed by atoms with Crippen molar-refractivity contribution in [3.63, 3.8) is 0 Å². The van der Waals surface area contributed by atoms with Gasteiger partial charge in [0.2, 0.25) is 22.7 Å². The van der Waals surface area contributed by atoms with Crippen LogP contribution in [0.4, 0.5) is 28.4 Å². The van der Waals surface area contributed by atoms with E-state index in [9.17, 15) is 4.79 Å². The number of allylic oxidation sites excluding steroid dienone is 9. The third-order valence-electron chi connectivity index (χ3n) is 23.3. The molecule has 0 saturated heterocycles. The normalized spacial score (nSPS) is 22.5. The predicted molar refractivity (Wildman–Crippen MR) is 428 cm³/mol. The first-order valence-corrected chi connectivity index (χ1v) is 36.1. The number of ether oxygens (including phenoxy) is 1. The molecule has 0 radical (unpaired) electrons. The summed E-state index contributed by atoms with van der Waals surface area (Å²) in [6.45, 7) is 30.3. The van der Waals surface area contributed by atoms with Crippen LogP contribution in [0.15, 0.2) is 283 Å². The van der Waals surface area contributed by atoms with E-state index in [1.165, 1.54) is 106 Å². The lowest BCUT2D eigenvalue weighted by molar-refractivity contribution is -0.652. The summed E-state index contributed by atoms with van der Waals surface area (Å²) in [7, 11) is 12.9. The van der Waals surface area contributed by atoms with E-state index in [2.05, 4.69) is 319 Å². The summed E-state index contributed by atoms with van der Waals surface area (Å²) >= 11 is 0. The molecule has 103 heavy (non-hydrogen) atoms. The lowest BCUT2D eigenvalue weighted by atomic mass is 9.72. The molecule has 0 saturated carbocycles. The summed E-state index contributed by atoms with van der Waals surface area (Å²) in [5.74, 6) is 1.26. The highest BCUT2D eigenvalue weighted by Crippen LogP contribution is 2.56. The highest BCUT2D eigenvalue weighted by Gasteiger charge is 2.52. The number of hydrogen-bond acceptors (Lipinski definition) is 7. The van der Waals surface area contributed by atoms with Crippen LogP contribution in [0, 0.1) is 0 Å². The van der Waals surface area contributed by atoms with Crippen molar-refractivity contribution >= 4 is 95.3 Å². The van der Waals surface area contributed by atoms with E-state index >= 15 is 0 Å². The molecule has 10 nitrogen and oxygen atoms in total. The molecular weight excluding hydrogens is 1270 g/mol. The van der Waals surface area contributed by atoms with Crippen LogP contribution < -0.4 is 19.3 Å². The van der Waals surface area contributed by atoms with Gasteiger partial charge in [0.25, 0.3) is 5.52 Å². The number of benzene rings is 9. The van der Waals surface area contributed by atoms with Gasteiger partial charge in [0, 0.05) is 119 Å². The number of para-hydroxylation sites is 4. The molecule has 10 heteroatoms. The van der Waals surface area contributed by atoms with Gasteiger partial charge in [-0.2, -0.15) is 13.7 Å². The molecule has 0 bridgehead atoms. The number of oxazole rings is 1. The summed E-state index contributed by atoms with van der Waals surface area (Å²) in [6.07, 6.45) is 19.4. The van der Waals surface area contributed by atoms with E-state index in [4.69, 9.17) is 13.6 Å². The van der Waals surface area contributed by atoms with Gasteiger partial charge >= 0.3 is 11.9 Å². The molecular formula is C93H95N6O4+3. The second kappa shape index (κ2) is 26.7. The highest BCUT2D eigenvalue weighted by atomic mass is 16.5. The largest absolute Gasteiger partial charge is 0.460 e. The van der Waals surface area contributed by atoms with Crippen LogP contribution in [0.25, 0.3) is 49.5 Å². The second-order valence-corrected chi connectivity index (χ2v) is 29.5. The van der Waals surface area contributed by atoms with Crippen LogP contribution in [-0.2, 0) is 45.3 Å². The predicted octanol–water partition coefficient (Wildman–Crippen LogP) is 20.7. The van der Waals surface area contributed by atoms with Crippen molar-refractivity contribution in [3.8, 4) is 0 Å². The molecule has 5 aliphatic rings. The van der Waals surface area contributed by atoms with Crippen molar-refractivity contribution in [2.24, 2.45) is 7.05 Å². The molecule has 0 amide bonds. The maximum Gasteiger partial charge on any atom is 0.375 e. The van der Waals surface area contributed by atoms with Gasteiger partial charge in [-0.05, 0) is 159 Å². The number of anilines is 3. The Morgan fingerprint density at radius 1 is 0.447 bits per heavy atom. The quantitative estimate of drug-likeness (QED) is 0.0575. The third-order valence-corrected chi connectivity index (χ3v) is 23.3. The lowest BCUT2D eigenvalue weighted by Crippen LogP contribution is -2.34. The summed E-state index contributed by atoms with van der Waals surface area (Å²) in [5, 5.41) is 7.60. The fraction of sp³-hybridized carbons (Fsp3) is 0.247. The number of furan rings is 1. The van der Waals surface area contributed by atoms with Gasteiger partial charge in [-0.15, -0.1) is 26.3 Å². The molecule has 0 N–H and O–H groups in total. The zero-order chi connectivity index (χ0) is 72.5. The Balaban J connectivity index is 0.000000132. The minimum Gasteiger partial charge on any atom is -0.460 e. The topological polar surface area (TPSA) is 72.2 Å². The monoisotopic (exact) mass is 1360 g/mol. The molecule has 9 aromatic carbocycles. The van der Waals surface area contributed by atoms with E-state index in [0.29, 0.717) is 13.0 Å². The van der Waals surface area contributed by atoms with Crippen LogP contribution in [0.5, 0.6) is 0 Å². The Morgan fingerprint density at radius 2 is 0.913 bits per heavy atom. The Morgan fingerprint density at radius 3 is 1.52 bits per heavy atom. The van der Waals surface area contributed by atoms with Crippen molar-refractivity contribution in [1.29, 1.82) is 0 Å². The number of likely N-dealkylation sites (N-methyl/N-ethyl adjacent to an activating group) is 3. The van der Waals surface area contributed by atoms with Crippen LogP contribution in [0.2, 0.25) is 0 Å². The number of aromatic nitrogens is 1. The zero-order valence-corrected chi connectivity index (χ0v) is 61.9. The zero-order valence-electron chi connectivity index (χ0n) is 61.9. The SMILES string of the molecule is C=CCC1(C)C(/C=C2/N(C)c3ccc4ccccc4c3C2(C)CC=C)=[N+](C)c2ccc3ccccc3c21.C=CCC1(C)C(/C=C2/N(C)c3ccccc3C2(C)CC=C)=[N+](C)c2ccccc21.CCOC(=O)c1ccc(CC2(C)C(=Cc3oc4ccccc4[n+]3C)N(C)c3ccc4ccccc4c32)o1. The average Bonchev–Trinajstić information content (AvgIpc) is 1.57. The van der Waals surface area contributed by atoms with Crippen molar-refractivity contribution in [2.45, 2.75) is 101 Å². The van der Waals surface area contributed by atoms with Gasteiger partial charge < -0.3 is 28.3 Å². The molecule has 0 spiro atoms. The first-order valence-electron chi connectivity index (χ1n) is 36.1. The summed E-state index contributed by atoms with van der Waals surface area (Å²) in [4.78, 5) is 19.3. The average molecular weight is 1360 g/mol. The maximum atomic E-state index is 12.3. The second-order valence-electron chi connectivity index (χ2n) is 29.5. The Hall–Kier alpha value is -11.1. The van der Waals surface area contributed by atoms with Gasteiger partial charge in [-0.1, -0.05) is 158 Å². The Labute approximate surface area is 607 Å². The van der Waals surface area contributed by atoms with Crippen LogP contribution in [0.1, 0.15) is 117 Å². The number of carbonyl (C=O) groups excluding carboxylic acids is 1. The van der Waals surface area contributed by atoms with Gasteiger partial charge in [0.1, 0.15) is 26.9 Å². The summed E-state index contributed by atoms with van der Waals surface area (Å²) in [5.41, 5.74) is 20.3. The first kappa shape index (κ1) is 69.0. The Kier molecular flexibility index (Phi) is 17.9. The standard InChI is InChI=1S/C35H35N2.C31H29N2O4.C27H31N2/c1-7-21-34(3)30(36(5)28-19-17-24-13-9-11-15-26(24)32(28)34)23-31-35(4,22-8-2)33-27-16-12-10-14-25(27)18-20-29(33)37(31)6;1-5-35-30(34)26-17-15-21(36-26)19-31(2)27(18-28-33(4)23-12-8-9-13-25(23)37-28)32(3)24-16-14-20-10-6-7-11-22(20)29(24)31;1-7-17-26(3)20-13-9-11-15-22(20)28(5)24(26)19-25-27(4,18-8-2)21-14-10-12-16-23(21)29(25)6/h7-20,23H,1-2,21-22H2,3-6H3;6-18H,5,19H2,1-4H3;7-16,19H,1-2,17-18H2,3-6H3/q3*+1. The fourth-order valence-electron chi connectivity index (χ4n) is 18.2. The lowest BCUT2D eigenvalue weighted by Gasteiger charge is -2.29. The number of hydrogen-bond donors (Lipinski definition) is 0. The van der Waals surface area contributed by atoms with Crippen LogP contribution in [-0.4, -0.2) is 68.4 Å². The van der Waals surface area contributed by atoms with E-state index in [1.54, 1.807) is 13.0 Å². The summed E-state index contributed by atoms with van der Waals surface area (Å²) in [6, 6.07) is 68.5. The molecule has 7 heterocycles. The molecule has 5 atom stereocenters. The van der Waals surface area contributed by atoms with E-state index in [1.807, 2.05) is 43.5 Å². The van der Waals surface area contributed by atoms with Crippen LogP contribution in [0.3, 0.4) is 0 Å². The van der Waals surface area contributed by atoms with E-state index in [0.717, 1.165) is 59.8 Å². The molecule has 5 aliphatic heterocycles. The van der Waals surface area contributed by atoms with Crippen molar-refractivity contribution in [3.05, 3.63) is 319 Å². The minimum atomic E-state index is -0.458. The third kappa shape index (κ3) is 11.1. The highest BCUT2D eigenvalue weighted by molar-refractivity contribution is 6.10. The molecule has 518 valence electrons. The molecule has 2 aromatic heterocycles. The molecule has 11 aromatic rings. The molecule has 0 fully saturated rings. The Bertz CT molecular complexity index is 5480. The number of rotatable bonds is 15. The van der Waals surface area contributed by atoms with Gasteiger partial charge in [-0.3, -0.25) is 0 Å². The van der Waals surface area contributed by atoms with E-state index < -0.39 is 11.4 Å². The number of aryl methyl sites for hydroxylation is 1. The maximum absolute atomic E-state index is 12.3. The van der Waals surface area contributed by atoms with Gasteiger partial charge in [0.05, 0.1) is 23.5 Å². The number of nitrogens with zero attached hydrogens (tertiary/aromatic N) is 6. The first-order chi connectivity index (χ1) is 49.6. The van der Waals surface area contributed by atoms with Gasteiger partial charge in [0.15, 0.2) is 11.4 Å². The van der Waals surface area contributed by atoms with Gasteiger partial charge in [-0.25, -0.2) is 4.79 Å². The van der Waals surface area contributed by atoms with Crippen molar-refractivity contribution in [2.75, 3.05) is 56.5 Å². The van der Waals surface area contributed by atoms with Crippen molar-refractivity contribution < 1.29 is 32.1 Å². The smallest absolute Gasteiger partial charge is 0.375 e. The minimum absolute atomic E-state index is 0.0925. The number of carbonyl (C=O) groups is 1. The fourth-order valence-corrected chi connectivity index (χ4v) is 18.2. The number of esters is 1. The van der Waals surface area contributed by atoms with Crippen molar-refractivity contribution in [1.82, 2.24) is 0 Å². The molecule has 5 unspecified atom stereocenters. The number of fused-ring (bicyclic) bond motifs is 12. The van der Waals surface area contributed by atoms with Crippen LogP contribution >= 0.6 is 0 Å². The molecule has 0 aliphatic carbocycles. The van der Waals surface area contributed by atoms with E-state index in [-0.39, 0.29) is 27.4 Å².